The number of halogens is 1. The van der Waals surface area contributed by atoms with Gasteiger partial charge in [0.15, 0.2) is 5.13 Å². The Labute approximate surface area is 194 Å². The van der Waals surface area contributed by atoms with Gasteiger partial charge in [0.05, 0.1) is 17.1 Å². The molecule has 0 fully saturated rings. The van der Waals surface area contributed by atoms with Gasteiger partial charge in [-0.05, 0) is 37.6 Å². The second-order valence-electron chi connectivity index (χ2n) is 7.72. The van der Waals surface area contributed by atoms with Crippen molar-refractivity contribution in [2.75, 3.05) is 4.90 Å². The molecule has 7 nitrogen and oxygen atoms in total. The van der Waals surface area contributed by atoms with Crippen molar-refractivity contribution in [2.45, 2.75) is 39.9 Å². The monoisotopic (exact) mass is 467 g/mol. The van der Waals surface area contributed by atoms with Gasteiger partial charge in [0, 0.05) is 24.3 Å². The molecule has 1 aliphatic heterocycles. The molecule has 2 aromatic carbocycles. The van der Waals surface area contributed by atoms with Gasteiger partial charge in [-0.2, -0.15) is 0 Å². The number of oxime groups is 1. The van der Waals surface area contributed by atoms with E-state index in [-0.39, 0.29) is 24.8 Å². The number of anilines is 2. The summed E-state index contributed by atoms with van der Waals surface area (Å²) in [5, 5.41) is 6.13. The predicted octanol–water partition coefficient (Wildman–Crippen LogP) is 4.82. The van der Waals surface area contributed by atoms with E-state index in [0.29, 0.717) is 22.1 Å². The molecule has 0 bridgehead atoms. The molecule has 4 rings (SSSR count). The van der Waals surface area contributed by atoms with Crippen LogP contribution in [0.1, 0.15) is 35.7 Å². The van der Waals surface area contributed by atoms with Crippen LogP contribution in [-0.4, -0.2) is 28.7 Å². The lowest BCUT2D eigenvalue weighted by Crippen LogP contribution is -2.24. The van der Waals surface area contributed by atoms with Gasteiger partial charge < -0.3 is 9.57 Å². The molecule has 0 N–H and O–H groups in total. The summed E-state index contributed by atoms with van der Waals surface area (Å²) in [7, 11) is 0. The highest BCUT2D eigenvalue weighted by molar-refractivity contribution is 7.14. The summed E-state index contributed by atoms with van der Waals surface area (Å²) in [4.78, 5) is 36.0. The maximum atomic E-state index is 13.4. The zero-order valence-electron chi connectivity index (χ0n) is 18.4. The number of ether oxygens (including phenoxy) is 1. The van der Waals surface area contributed by atoms with E-state index >= 15 is 0 Å². The normalized spacial score (nSPS) is 15.0. The molecule has 1 amide bonds. The van der Waals surface area contributed by atoms with Crippen LogP contribution < -0.4 is 4.90 Å². The molecular formula is C24H22FN3O4S. The van der Waals surface area contributed by atoms with Crippen molar-refractivity contribution in [1.29, 1.82) is 0 Å². The number of nitrogens with zero attached hydrogens (tertiary/aromatic N) is 3. The standard InChI is InChI=1S/C24H22FN3O4S/c1-14-7-8-21(15(2)9-14)28(16(3)29)24-26-19(13-33-24)12-31-23(30)22-11-20(27-32-22)17-5-4-6-18(25)10-17/h4-10,13,22H,11-12H2,1-3H3. The first kappa shape index (κ1) is 22.6. The molecule has 1 aliphatic rings. The van der Waals surface area contributed by atoms with Crippen molar-refractivity contribution >= 4 is 39.7 Å². The van der Waals surface area contributed by atoms with Gasteiger partial charge in [-0.3, -0.25) is 9.69 Å². The number of benzene rings is 2. The Morgan fingerprint density at radius 3 is 2.79 bits per heavy atom. The van der Waals surface area contributed by atoms with Crippen molar-refractivity contribution in [3.05, 3.63) is 76.0 Å². The Kier molecular flexibility index (Phi) is 6.50. The highest BCUT2D eigenvalue weighted by Gasteiger charge is 2.30. The maximum Gasteiger partial charge on any atom is 0.351 e. The fourth-order valence-electron chi connectivity index (χ4n) is 3.51. The van der Waals surface area contributed by atoms with Gasteiger partial charge >= 0.3 is 5.97 Å². The molecule has 170 valence electrons. The van der Waals surface area contributed by atoms with Gasteiger partial charge in [0.25, 0.3) is 0 Å². The summed E-state index contributed by atoms with van der Waals surface area (Å²) in [5.74, 6) is -1.14. The summed E-state index contributed by atoms with van der Waals surface area (Å²) >= 11 is 1.29. The number of carbonyl (C=O) groups excluding carboxylic acids is 2. The zero-order chi connectivity index (χ0) is 23.5. The molecule has 33 heavy (non-hydrogen) atoms. The number of hydrogen-bond donors (Lipinski definition) is 0. The topological polar surface area (TPSA) is 81.1 Å². The number of aromatic nitrogens is 1. The van der Waals surface area contributed by atoms with Crippen molar-refractivity contribution in [3.63, 3.8) is 0 Å². The third kappa shape index (κ3) is 5.09. The molecule has 1 aromatic heterocycles. The molecule has 1 unspecified atom stereocenters. The highest BCUT2D eigenvalue weighted by atomic mass is 32.1. The number of hydrogen-bond acceptors (Lipinski definition) is 7. The number of amides is 1. The Hall–Kier alpha value is -3.59. The third-order valence-electron chi connectivity index (χ3n) is 5.09. The van der Waals surface area contributed by atoms with Gasteiger partial charge in [0.1, 0.15) is 12.4 Å². The Balaban J connectivity index is 1.38. The van der Waals surface area contributed by atoms with E-state index in [1.54, 1.807) is 22.4 Å². The van der Waals surface area contributed by atoms with Crippen LogP contribution >= 0.6 is 11.3 Å². The van der Waals surface area contributed by atoms with E-state index in [0.717, 1.165) is 16.8 Å². The van der Waals surface area contributed by atoms with Crippen LogP contribution in [0, 0.1) is 19.7 Å². The summed E-state index contributed by atoms with van der Waals surface area (Å²) in [6, 6.07) is 11.8. The van der Waals surface area contributed by atoms with E-state index in [4.69, 9.17) is 9.57 Å². The van der Waals surface area contributed by atoms with Gasteiger partial charge in [-0.15, -0.1) is 11.3 Å². The quantitative estimate of drug-likeness (QED) is 0.486. The van der Waals surface area contributed by atoms with Crippen LogP contribution in [-0.2, 0) is 25.8 Å². The molecule has 2 heterocycles. The van der Waals surface area contributed by atoms with Gasteiger partial charge in [-0.25, -0.2) is 14.2 Å². The minimum atomic E-state index is -0.898. The zero-order valence-corrected chi connectivity index (χ0v) is 19.2. The van der Waals surface area contributed by atoms with Crippen LogP contribution in [0.25, 0.3) is 0 Å². The fourth-order valence-corrected chi connectivity index (χ4v) is 4.37. The van der Waals surface area contributed by atoms with E-state index in [1.807, 2.05) is 32.0 Å². The SMILES string of the molecule is CC(=O)N(c1nc(COC(=O)C2CC(c3cccc(F)c3)=NO2)cs1)c1ccc(C)cc1C. The van der Waals surface area contributed by atoms with Crippen LogP contribution in [0.15, 0.2) is 53.0 Å². The van der Waals surface area contributed by atoms with Gasteiger partial charge in [-0.1, -0.05) is 35.0 Å². The fraction of sp³-hybridized carbons (Fsp3) is 0.250. The van der Waals surface area contributed by atoms with Crippen molar-refractivity contribution in [3.8, 4) is 0 Å². The molecule has 0 saturated heterocycles. The number of esters is 1. The number of aryl methyl sites for hydroxylation is 2. The number of rotatable bonds is 6. The summed E-state index contributed by atoms with van der Waals surface area (Å²) in [6.45, 7) is 5.35. The highest BCUT2D eigenvalue weighted by Crippen LogP contribution is 2.32. The molecule has 3 aromatic rings. The van der Waals surface area contributed by atoms with E-state index < -0.39 is 12.1 Å². The second kappa shape index (κ2) is 9.50. The Bertz CT molecular complexity index is 1240. The summed E-state index contributed by atoms with van der Waals surface area (Å²) in [5.41, 5.74) is 4.38. The van der Waals surface area contributed by atoms with E-state index in [1.165, 1.54) is 30.4 Å². The first-order valence-electron chi connectivity index (χ1n) is 10.3. The molecule has 9 heteroatoms. The largest absolute Gasteiger partial charge is 0.456 e. The van der Waals surface area contributed by atoms with E-state index in [2.05, 4.69) is 10.1 Å². The van der Waals surface area contributed by atoms with Gasteiger partial charge in [0.2, 0.25) is 12.0 Å². The molecule has 0 spiro atoms. The lowest BCUT2D eigenvalue weighted by atomic mass is 10.1. The van der Waals surface area contributed by atoms with Crippen LogP contribution in [0.3, 0.4) is 0 Å². The first-order valence-corrected chi connectivity index (χ1v) is 11.2. The van der Waals surface area contributed by atoms with Crippen molar-refractivity contribution in [1.82, 2.24) is 4.98 Å². The van der Waals surface area contributed by atoms with Crippen LogP contribution in [0.5, 0.6) is 0 Å². The predicted molar refractivity (Wildman–Crippen MR) is 123 cm³/mol. The minimum Gasteiger partial charge on any atom is -0.456 e. The van der Waals surface area contributed by atoms with Crippen molar-refractivity contribution < 1.29 is 23.6 Å². The number of thiazole rings is 1. The molecule has 0 saturated carbocycles. The lowest BCUT2D eigenvalue weighted by Gasteiger charge is -2.20. The molecule has 1 atom stereocenters. The minimum absolute atomic E-state index is 0.0664. The Morgan fingerprint density at radius 2 is 2.06 bits per heavy atom. The lowest BCUT2D eigenvalue weighted by molar-refractivity contribution is -0.156. The Morgan fingerprint density at radius 1 is 1.24 bits per heavy atom. The average molecular weight is 468 g/mol. The molecule has 0 aliphatic carbocycles. The second-order valence-corrected chi connectivity index (χ2v) is 8.56. The maximum absolute atomic E-state index is 13.4. The van der Waals surface area contributed by atoms with E-state index in [9.17, 15) is 14.0 Å². The molecule has 0 radical (unpaired) electrons. The van der Waals surface area contributed by atoms with Crippen LogP contribution in [0.2, 0.25) is 0 Å². The first-order chi connectivity index (χ1) is 15.8. The third-order valence-corrected chi connectivity index (χ3v) is 5.97. The van der Waals surface area contributed by atoms with Crippen molar-refractivity contribution in [2.24, 2.45) is 5.16 Å². The smallest absolute Gasteiger partial charge is 0.351 e. The number of carbonyl (C=O) groups is 2. The summed E-state index contributed by atoms with van der Waals surface area (Å²) in [6.07, 6.45) is -0.708. The summed E-state index contributed by atoms with van der Waals surface area (Å²) < 4.78 is 18.8. The average Bonchev–Trinajstić information content (AvgIpc) is 3.44. The van der Waals surface area contributed by atoms with Crippen LogP contribution in [0.4, 0.5) is 15.2 Å². The molecular weight excluding hydrogens is 445 g/mol.